The second-order valence-corrected chi connectivity index (χ2v) is 4.85. The van der Waals surface area contributed by atoms with Crippen LogP contribution in [0.4, 0.5) is 5.82 Å². The van der Waals surface area contributed by atoms with E-state index in [1.54, 1.807) is 18.7 Å². The van der Waals surface area contributed by atoms with Crippen molar-refractivity contribution in [3.63, 3.8) is 0 Å². The quantitative estimate of drug-likeness (QED) is 0.356. The summed E-state index contributed by atoms with van der Waals surface area (Å²) >= 11 is 2.72. The van der Waals surface area contributed by atoms with Gasteiger partial charge in [0.2, 0.25) is 0 Å². The Morgan fingerprint density at radius 3 is 3.25 bits per heavy atom. The summed E-state index contributed by atoms with van der Waals surface area (Å²) in [6, 6.07) is 0. The topological polar surface area (TPSA) is 69.7 Å². The highest BCUT2D eigenvalue weighted by Gasteiger charge is 2.23. The SMILES string of the molecule is COCCSc1nc2sccn2c1[N+](=O)[O-]. The molecule has 0 aliphatic heterocycles. The molecule has 0 aromatic carbocycles. The second kappa shape index (κ2) is 4.81. The number of nitro groups is 1. The van der Waals surface area contributed by atoms with Crippen molar-refractivity contribution in [1.82, 2.24) is 9.38 Å². The van der Waals surface area contributed by atoms with Crippen LogP contribution in [0, 0.1) is 10.1 Å². The number of hydrogen-bond donors (Lipinski definition) is 0. The van der Waals surface area contributed by atoms with Crippen LogP contribution in [0.5, 0.6) is 0 Å². The number of hydrogen-bond acceptors (Lipinski definition) is 6. The first kappa shape index (κ1) is 11.4. The van der Waals surface area contributed by atoms with Crippen LogP contribution in [0.15, 0.2) is 16.6 Å². The van der Waals surface area contributed by atoms with E-state index in [-0.39, 0.29) is 5.82 Å². The van der Waals surface area contributed by atoms with E-state index in [2.05, 4.69) is 4.98 Å². The molecular weight excluding hydrogens is 250 g/mol. The summed E-state index contributed by atoms with van der Waals surface area (Å²) in [5, 5.41) is 13.2. The van der Waals surface area contributed by atoms with Crippen molar-refractivity contribution in [2.75, 3.05) is 19.5 Å². The highest BCUT2D eigenvalue weighted by atomic mass is 32.2. The van der Waals surface area contributed by atoms with E-state index in [1.165, 1.54) is 27.5 Å². The van der Waals surface area contributed by atoms with E-state index in [4.69, 9.17) is 4.74 Å². The number of ether oxygens (including phenoxy) is 1. The largest absolute Gasteiger partial charge is 0.384 e. The van der Waals surface area contributed by atoms with Gasteiger partial charge in [0.15, 0.2) is 5.03 Å². The molecule has 6 nitrogen and oxygen atoms in total. The standard InChI is InChI=1S/C8H9N3O3S2/c1-14-3-5-15-6-7(11(12)13)10-2-4-16-8(10)9-6/h2,4H,3,5H2,1H3. The lowest BCUT2D eigenvalue weighted by Gasteiger charge is -1.97. The molecule has 0 aliphatic rings. The van der Waals surface area contributed by atoms with Crippen LogP contribution < -0.4 is 0 Å². The monoisotopic (exact) mass is 259 g/mol. The van der Waals surface area contributed by atoms with Gasteiger partial charge < -0.3 is 14.9 Å². The summed E-state index contributed by atoms with van der Waals surface area (Å²) < 4.78 is 6.40. The van der Waals surface area contributed by atoms with Gasteiger partial charge in [-0.2, -0.15) is 9.38 Å². The van der Waals surface area contributed by atoms with Crippen LogP contribution in [0.25, 0.3) is 4.96 Å². The molecule has 0 radical (unpaired) electrons. The Kier molecular flexibility index (Phi) is 3.42. The average molecular weight is 259 g/mol. The lowest BCUT2D eigenvalue weighted by Crippen LogP contribution is -1.96. The van der Waals surface area contributed by atoms with E-state index in [0.29, 0.717) is 22.3 Å². The zero-order chi connectivity index (χ0) is 11.5. The zero-order valence-corrected chi connectivity index (χ0v) is 10.1. The van der Waals surface area contributed by atoms with Crippen molar-refractivity contribution in [2.45, 2.75) is 5.03 Å². The molecule has 86 valence electrons. The molecule has 0 bridgehead atoms. The zero-order valence-electron chi connectivity index (χ0n) is 8.45. The van der Waals surface area contributed by atoms with Crippen molar-refractivity contribution in [3.05, 3.63) is 21.7 Å². The summed E-state index contributed by atoms with van der Waals surface area (Å²) in [5.41, 5.74) is 0. The summed E-state index contributed by atoms with van der Waals surface area (Å²) in [7, 11) is 1.60. The van der Waals surface area contributed by atoms with Gasteiger partial charge in [-0.1, -0.05) is 23.1 Å². The van der Waals surface area contributed by atoms with Gasteiger partial charge in [0.05, 0.1) is 6.61 Å². The van der Waals surface area contributed by atoms with Crippen LogP contribution in [-0.2, 0) is 4.74 Å². The third-order valence-corrected chi connectivity index (χ3v) is 3.58. The van der Waals surface area contributed by atoms with E-state index in [9.17, 15) is 10.1 Å². The van der Waals surface area contributed by atoms with Gasteiger partial charge in [0.1, 0.15) is 6.20 Å². The number of rotatable bonds is 5. The number of imidazole rings is 1. The Morgan fingerprint density at radius 2 is 2.56 bits per heavy atom. The Balaban J connectivity index is 2.32. The van der Waals surface area contributed by atoms with Gasteiger partial charge >= 0.3 is 5.82 Å². The van der Waals surface area contributed by atoms with Crippen LogP contribution in [0.2, 0.25) is 0 Å². The Morgan fingerprint density at radius 1 is 1.75 bits per heavy atom. The number of thiazole rings is 1. The van der Waals surface area contributed by atoms with Gasteiger partial charge in [-0.25, -0.2) is 0 Å². The predicted octanol–water partition coefficient (Wildman–Crippen LogP) is 2.04. The first-order valence-corrected chi connectivity index (χ1v) is 6.32. The molecule has 0 spiro atoms. The molecule has 0 saturated carbocycles. The van der Waals surface area contributed by atoms with Gasteiger partial charge in [-0.15, -0.1) is 0 Å². The Bertz CT molecular complexity index is 508. The van der Waals surface area contributed by atoms with Crippen molar-refractivity contribution in [2.24, 2.45) is 0 Å². The molecule has 0 amide bonds. The first-order valence-electron chi connectivity index (χ1n) is 4.45. The van der Waals surface area contributed by atoms with Crippen LogP contribution in [0.3, 0.4) is 0 Å². The number of aromatic nitrogens is 2. The molecule has 0 fully saturated rings. The molecule has 0 aliphatic carbocycles. The third kappa shape index (κ3) is 2.04. The Labute approximate surface area is 99.4 Å². The highest BCUT2D eigenvalue weighted by Crippen LogP contribution is 2.31. The van der Waals surface area contributed by atoms with Gasteiger partial charge in [0.25, 0.3) is 4.96 Å². The molecule has 0 atom stereocenters. The maximum Gasteiger partial charge on any atom is 0.362 e. The Hall–Kier alpha value is -1.12. The van der Waals surface area contributed by atoms with Gasteiger partial charge in [-0.05, 0) is 4.92 Å². The molecule has 2 aromatic heterocycles. The van der Waals surface area contributed by atoms with Gasteiger partial charge in [0, 0.05) is 18.2 Å². The van der Waals surface area contributed by atoms with Crippen molar-refractivity contribution < 1.29 is 9.66 Å². The predicted molar refractivity (Wildman–Crippen MR) is 62.3 cm³/mol. The van der Waals surface area contributed by atoms with E-state index >= 15 is 0 Å². The molecule has 0 unspecified atom stereocenters. The van der Waals surface area contributed by atoms with E-state index < -0.39 is 4.92 Å². The fourth-order valence-electron chi connectivity index (χ4n) is 1.24. The molecule has 16 heavy (non-hydrogen) atoms. The van der Waals surface area contributed by atoms with Crippen molar-refractivity contribution >= 4 is 33.9 Å². The number of methoxy groups -OCH3 is 1. The number of thioether (sulfide) groups is 1. The molecule has 8 heteroatoms. The fourth-order valence-corrected chi connectivity index (χ4v) is 2.90. The second-order valence-electron chi connectivity index (χ2n) is 2.89. The molecular formula is C8H9N3O3S2. The lowest BCUT2D eigenvalue weighted by atomic mass is 10.7. The highest BCUT2D eigenvalue weighted by molar-refractivity contribution is 7.99. The molecule has 0 N–H and O–H groups in total. The number of nitrogens with zero attached hydrogens (tertiary/aromatic N) is 3. The molecule has 2 rings (SSSR count). The average Bonchev–Trinajstić information content (AvgIpc) is 2.76. The summed E-state index contributed by atoms with van der Waals surface area (Å²) in [6.45, 7) is 0.549. The van der Waals surface area contributed by atoms with Gasteiger partial charge in [-0.3, -0.25) is 0 Å². The summed E-state index contributed by atoms with van der Waals surface area (Å²) in [5.74, 6) is 0.694. The molecule has 2 heterocycles. The maximum atomic E-state index is 10.9. The summed E-state index contributed by atoms with van der Waals surface area (Å²) in [4.78, 5) is 15.4. The van der Waals surface area contributed by atoms with Crippen LogP contribution in [0.1, 0.15) is 0 Å². The van der Waals surface area contributed by atoms with Crippen molar-refractivity contribution in [3.8, 4) is 0 Å². The number of fused-ring (bicyclic) bond motifs is 1. The van der Waals surface area contributed by atoms with E-state index in [0.717, 1.165) is 0 Å². The minimum atomic E-state index is -0.401. The fraction of sp³-hybridized carbons (Fsp3) is 0.375. The summed E-state index contributed by atoms with van der Waals surface area (Å²) in [6.07, 6.45) is 1.66. The minimum absolute atomic E-state index is 0.0392. The maximum absolute atomic E-state index is 10.9. The normalized spacial score (nSPS) is 11.1. The first-order chi connectivity index (χ1) is 7.74. The van der Waals surface area contributed by atoms with Crippen LogP contribution >= 0.6 is 23.1 Å². The minimum Gasteiger partial charge on any atom is -0.384 e. The molecule has 0 saturated heterocycles. The smallest absolute Gasteiger partial charge is 0.362 e. The third-order valence-electron chi connectivity index (χ3n) is 1.91. The van der Waals surface area contributed by atoms with Crippen LogP contribution in [-0.4, -0.2) is 33.8 Å². The molecule has 2 aromatic rings. The lowest BCUT2D eigenvalue weighted by molar-refractivity contribution is -0.393. The van der Waals surface area contributed by atoms with E-state index in [1.807, 2.05) is 0 Å². The van der Waals surface area contributed by atoms with Crippen molar-refractivity contribution in [1.29, 1.82) is 0 Å².